The first-order valence-corrected chi connectivity index (χ1v) is 5.84. The Morgan fingerprint density at radius 1 is 1.47 bits per heavy atom. The lowest BCUT2D eigenvalue weighted by Gasteiger charge is -2.16. The van der Waals surface area contributed by atoms with E-state index in [4.69, 9.17) is 0 Å². The molecule has 0 aliphatic carbocycles. The minimum absolute atomic E-state index is 0. The van der Waals surface area contributed by atoms with Crippen molar-refractivity contribution in [2.24, 2.45) is 0 Å². The third kappa shape index (κ3) is 2.91. The van der Waals surface area contributed by atoms with Gasteiger partial charge in [0.25, 0.3) is 5.91 Å². The smallest absolute Gasteiger partial charge is 0.253 e. The van der Waals surface area contributed by atoms with E-state index in [1.807, 2.05) is 25.2 Å². The van der Waals surface area contributed by atoms with Gasteiger partial charge in [0, 0.05) is 31.4 Å². The number of rotatable bonds is 3. The van der Waals surface area contributed by atoms with E-state index in [0.29, 0.717) is 0 Å². The molecule has 0 unspecified atom stereocenters. The average Bonchev–Trinajstić information content (AvgIpc) is 2.75. The van der Waals surface area contributed by atoms with Gasteiger partial charge in [-0.3, -0.25) is 4.79 Å². The third-order valence-electron chi connectivity index (χ3n) is 2.97. The van der Waals surface area contributed by atoms with Crippen molar-refractivity contribution in [3.8, 4) is 0 Å². The lowest BCUT2D eigenvalue weighted by Crippen LogP contribution is -2.27. The standard InChI is InChI=1S/C13H18N2O.ClH/c1-3-8-15(2)13(16)11-4-5-12-10(9-11)6-7-14-12;/h4-5,9,14H,3,6-8H2,1-2H3;1H. The van der Waals surface area contributed by atoms with Crippen LogP contribution >= 0.6 is 12.4 Å². The zero-order valence-corrected chi connectivity index (χ0v) is 11.1. The minimum atomic E-state index is 0. The largest absolute Gasteiger partial charge is 0.384 e. The molecule has 1 N–H and O–H groups in total. The Hall–Kier alpha value is -1.22. The second-order valence-electron chi connectivity index (χ2n) is 4.28. The molecule has 0 saturated carbocycles. The topological polar surface area (TPSA) is 32.3 Å². The fourth-order valence-electron chi connectivity index (χ4n) is 2.10. The van der Waals surface area contributed by atoms with E-state index in [1.165, 1.54) is 11.3 Å². The first-order valence-electron chi connectivity index (χ1n) is 5.84. The van der Waals surface area contributed by atoms with Crippen LogP contribution in [0.15, 0.2) is 18.2 Å². The third-order valence-corrected chi connectivity index (χ3v) is 2.97. The molecule has 0 fully saturated rings. The average molecular weight is 255 g/mol. The summed E-state index contributed by atoms with van der Waals surface area (Å²) < 4.78 is 0. The Labute approximate surface area is 109 Å². The first kappa shape index (κ1) is 13.8. The Morgan fingerprint density at radius 2 is 2.24 bits per heavy atom. The van der Waals surface area contributed by atoms with Crippen LogP contribution < -0.4 is 5.32 Å². The summed E-state index contributed by atoms with van der Waals surface area (Å²) in [6.45, 7) is 3.88. The van der Waals surface area contributed by atoms with Crippen LogP contribution in [0, 0.1) is 0 Å². The molecule has 1 aromatic carbocycles. The lowest BCUT2D eigenvalue weighted by atomic mass is 10.1. The molecule has 1 heterocycles. The molecule has 1 aliphatic heterocycles. The van der Waals surface area contributed by atoms with Crippen molar-refractivity contribution >= 4 is 24.0 Å². The number of amides is 1. The van der Waals surface area contributed by atoms with Gasteiger partial charge in [0.1, 0.15) is 0 Å². The summed E-state index contributed by atoms with van der Waals surface area (Å²) >= 11 is 0. The molecule has 0 bridgehead atoms. The lowest BCUT2D eigenvalue weighted by molar-refractivity contribution is 0.0795. The van der Waals surface area contributed by atoms with Crippen LogP contribution in [0.25, 0.3) is 0 Å². The first-order chi connectivity index (χ1) is 7.72. The molecule has 0 spiro atoms. The van der Waals surface area contributed by atoms with Crippen molar-refractivity contribution in [3.63, 3.8) is 0 Å². The molecule has 3 nitrogen and oxygen atoms in total. The van der Waals surface area contributed by atoms with Gasteiger partial charge in [-0.2, -0.15) is 0 Å². The second-order valence-corrected chi connectivity index (χ2v) is 4.28. The Kier molecular flexibility index (Phi) is 4.82. The molecule has 4 heteroatoms. The highest BCUT2D eigenvalue weighted by atomic mass is 35.5. The Balaban J connectivity index is 0.00000144. The number of carbonyl (C=O) groups excluding carboxylic acids is 1. The molecule has 1 aromatic rings. The van der Waals surface area contributed by atoms with E-state index in [2.05, 4.69) is 12.2 Å². The van der Waals surface area contributed by atoms with Crippen LogP contribution in [0.3, 0.4) is 0 Å². The Morgan fingerprint density at radius 3 is 2.94 bits per heavy atom. The van der Waals surface area contributed by atoms with Crippen molar-refractivity contribution in [1.82, 2.24) is 4.90 Å². The number of fused-ring (bicyclic) bond motifs is 1. The van der Waals surface area contributed by atoms with Gasteiger partial charge < -0.3 is 10.2 Å². The van der Waals surface area contributed by atoms with Gasteiger partial charge in [0.2, 0.25) is 0 Å². The van der Waals surface area contributed by atoms with E-state index >= 15 is 0 Å². The van der Waals surface area contributed by atoms with Crippen molar-refractivity contribution in [1.29, 1.82) is 0 Å². The zero-order valence-electron chi connectivity index (χ0n) is 10.3. The van der Waals surface area contributed by atoms with Gasteiger partial charge in [0.15, 0.2) is 0 Å². The van der Waals surface area contributed by atoms with E-state index in [9.17, 15) is 4.79 Å². The number of nitrogens with zero attached hydrogens (tertiary/aromatic N) is 1. The van der Waals surface area contributed by atoms with Crippen LogP contribution in [0.2, 0.25) is 0 Å². The predicted octanol–water partition coefficient (Wildman–Crippen LogP) is 2.56. The van der Waals surface area contributed by atoms with Gasteiger partial charge in [-0.15, -0.1) is 12.4 Å². The normalized spacial score (nSPS) is 12.4. The van der Waals surface area contributed by atoms with Crippen LogP contribution in [-0.2, 0) is 6.42 Å². The summed E-state index contributed by atoms with van der Waals surface area (Å²) in [4.78, 5) is 13.8. The molecule has 94 valence electrons. The molecular weight excluding hydrogens is 236 g/mol. The summed E-state index contributed by atoms with van der Waals surface area (Å²) in [7, 11) is 1.86. The zero-order chi connectivity index (χ0) is 11.5. The van der Waals surface area contributed by atoms with Gasteiger partial charge in [-0.25, -0.2) is 0 Å². The van der Waals surface area contributed by atoms with E-state index in [0.717, 1.165) is 31.5 Å². The molecule has 0 atom stereocenters. The number of hydrogen-bond acceptors (Lipinski definition) is 2. The molecule has 0 aromatic heterocycles. The number of halogens is 1. The second kappa shape index (κ2) is 5.92. The summed E-state index contributed by atoms with van der Waals surface area (Å²) in [5.74, 6) is 0.122. The van der Waals surface area contributed by atoms with Crippen LogP contribution in [0.1, 0.15) is 29.3 Å². The van der Waals surface area contributed by atoms with Crippen molar-refractivity contribution in [3.05, 3.63) is 29.3 Å². The van der Waals surface area contributed by atoms with Crippen molar-refractivity contribution in [2.45, 2.75) is 19.8 Å². The van der Waals surface area contributed by atoms with Crippen molar-refractivity contribution in [2.75, 3.05) is 25.5 Å². The number of nitrogens with one attached hydrogen (secondary N) is 1. The van der Waals surface area contributed by atoms with Gasteiger partial charge in [-0.1, -0.05) is 6.92 Å². The fourth-order valence-corrected chi connectivity index (χ4v) is 2.10. The SMILES string of the molecule is CCCN(C)C(=O)c1ccc2c(c1)CCN2.Cl. The molecular formula is C13H19ClN2O. The van der Waals surface area contributed by atoms with Crippen molar-refractivity contribution < 1.29 is 4.79 Å². The number of anilines is 1. The molecule has 1 aliphatic rings. The van der Waals surface area contributed by atoms with E-state index in [-0.39, 0.29) is 18.3 Å². The predicted molar refractivity (Wildman–Crippen MR) is 73.1 cm³/mol. The number of carbonyl (C=O) groups is 1. The summed E-state index contributed by atoms with van der Waals surface area (Å²) in [6, 6.07) is 5.94. The monoisotopic (exact) mass is 254 g/mol. The molecule has 17 heavy (non-hydrogen) atoms. The maximum atomic E-state index is 12.0. The van der Waals surface area contributed by atoms with E-state index in [1.54, 1.807) is 4.90 Å². The number of hydrogen-bond donors (Lipinski definition) is 1. The number of benzene rings is 1. The van der Waals surface area contributed by atoms with E-state index < -0.39 is 0 Å². The van der Waals surface area contributed by atoms with Crippen LogP contribution in [0.4, 0.5) is 5.69 Å². The maximum absolute atomic E-state index is 12.0. The van der Waals surface area contributed by atoms with Crippen LogP contribution in [-0.4, -0.2) is 30.9 Å². The quantitative estimate of drug-likeness (QED) is 0.899. The van der Waals surface area contributed by atoms with Gasteiger partial charge in [-0.05, 0) is 36.6 Å². The summed E-state index contributed by atoms with van der Waals surface area (Å²) in [6.07, 6.45) is 2.02. The van der Waals surface area contributed by atoms with Gasteiger partial charge >= 0.3 is 0 Å². The molecule has 2 rings (SSSR count). The highest BCUT2D eigenvalue weighted by Crippen LogP contribution is 2.23. The molecule has 0 saturated heterocycles. The highest BCUT2D eigenvalue weighted by Gasteiger charge is 2.15. The highest BCUT2D eigenvalue weighted by molar-refractivity contribution is 5.94. The molecule has 0 radical (unpaired) electrons. The summed E-state index contributed by atoms with van der Waals surface area (Å²) in [5, 5.41) is 3.30. The maximum Gasteiger partial charge on any atom is 0.253 e. The van der Waals surface area contributed by atoms with Crippen LogP contribution in [0.5, 0.6) is 0 Å². The Bertz CT molecular complexity index is 406. The summed E-state index contributed by atoms with van der Waals surface area (Å²) in [5.41, 5.74) is 3.24. The molecule has 1 amide bonds. The van der Waals surface area contributed by atoms with Gasteiger partial charge in [0.05, 0.1) is 0 Å². The fraction of sp³-hybridized carbons (Fsp3) is 0.462. The minimum Gasteiger partial charge on any atom is -0.384 e.